The van der Waals surface area contributed by atoms with E-state index in [1.54, 1.807) is 0 Å². The number of likely N-dealkylation sites (tertiary alicyclic amines) is 1. The van der Waals surface area contributed by atoms with E-state index in [1.807, 2.05) is 13.8 Å². The Morgan fingerprint density at radius 3 is 2.76 bits per heavy atom. The molecule has 6 heteroatoms. The summed E-state index contributed by atoms with van der Waals surface area (Å²) in [4.78, 5) is 14.5. The van der Waals surface area contributed by atoms with Crippen molar-refractivity contribution in [2.75, 3.05) is 31.6 Å². The van der Waals surface area contributed by atoms with E-state index < -0.39 is 0 Å². The first-order valence-corrected chi connectivity index (χ1v) is 8.55. The minimum Gasteiger partial charge on any atom is -0.462 e. The second-order valence-electron chi connectivity index (χ2n) is 5.45. The Kier molecular flexibility index (Phi) is 5.99. The van der Waals surface area contributed by atoms with Crippen molar-refractivity contribution in [2.45, 2.75) is 46.1 Å². The minimum atomic E-state index is -0.269. The lowest BCUT2D eigenvalue weighted by Crippen LogP contribution is -2.39. The van der Waals surface area contributed by atoms with Crippen molar-refractivity contribution in [2.24, 2.45) is 0 Å². The molecule has 0 saturated carbocycles. The van der Waals surface area contributed by atoms with E-state index in [2.05, 4.69) is 21.5 Å². The van der Waals surface area contributed by atoms with Crippen molar-refractivity contribution in [1.29, 1.82) is 0 Å². The van der Waals surface area contributed by atoms with Gasteiger partial charge in [-0.3, -0.25) is 0 Å². The Bertz CT molecular complexity index is 467. The minimum absolute atomic E-state index is 0.269. The second kappa shape index (κ2) is 7.75. The van der Waals surface area contributed by atoms with Crippen LogP contribution in [0.25, 0.3) is 0 Å². The molecule has 5 nitrogen and oxygen atoms in total. The molecular weight excluding hydrogens is 286 g/mol. The van der Waals surface area contributed by atoms with E-state index >= 15 is 0 Å². The molecule has 0 radical (unpaired) electrons. The quantitative estimate of drug-likeness (QED) is 0.819. The summed E-state index contributed by atoms with van der Waals surface area (Å²) in [6, 6.07) is 0.422. The summed E-state index contributed by atoms with van der Waals surface area (Å²) in [5, 5.41) is 4.36. The van der Waals surface area contributed by atoms with E-state index in [9.17, 15) is 4.79 Å². The van der Waals surface area contributed by atoms with Crippen LogP contribution in [0, 0.1) is 6.92 Å². The molecule has 0 bridgehead atoms. The molecule has 0 unspecified atom stereocenters. The maximum atomic E-state index is 12.0. The number of anilines is 1. The van der Waals surface area contributed by atoms with Gasteiger partial charge in [0, 0.05) is 19.1 Å². The number of nitrogens with zero attached hydrogens (tertiary/aromatic N) is 2. The first kappa shape index (κ1) is 16.2. The summed E-state index contributed by atoms with van der Waals surface area (Å²) in [7, 11) is 0. The topological polar surface area (TPSA) is 54.5 Å². The van der Waals surface area contributed by atoms with Gasteiger partial charge >= 0.3 is 5.97 Å². The van der Waals surface area contributed by atoms with Gasteiger partial charge in [0.25, 0.3) is 0 Å². The molecule has 0 amide bonds. The van der Waals surface area contributed by atoms with Gasteiger partial charge in [-0.05, 0) is 51.2 Å². The van der Waals surface area contributed by atoms with Crippen LogP contribution in [0.4, 0.5) is 5.00 Å². The predicted octanol–water partition coefficient (Wildman–Crippen LogP) is 2.91. The molecular formula is C15H25N3O2S. The van der Waals surface area contributed by atoms with Gasteiger partial charge in [0.05, 0.1) is 12.3 Å². The van der Waals surface area contributed by atoms with Crippen LogP contribution in [0.1, 0.15) is 49.2 Å². The maximum absolute atomic E-state index is 12.0. The molecule has 1 aromatic heterocycles. The second-order valence-corrected chi connectivity index (χ2v) is 6.23. The Balaban J connectivity index is 1.96. The number of ether oxygens (including phenoxy) is 1. The lowest BCUT2D eigenvalue weighted by Gasteiger charge is -2.32. The number of aromatic nitrogens is 1. The molecule has 2 heterocycles. The molecule has 1 N–H and O–H groups in total. The van der Waals surface area contributed by atoms with Gasteiger partial charge in [0.2, 0.25) is 0 Å². The Labute approximate surface area is 130 Å². The van der Waals surface area contributed by atoms with Crippen LogP contribution in [0.3, 0.4) is 0 Å². The fourth-order valence-electron chi connectivity index (χ4n) is 2.71. The van der Waals surface area contributed by atoms with E-state index in [0.717, 1.165) is 36.6 Å². The zero-order valence-corrected chi connectivity index (χ0v) is 14.0. The summed E-state index contributed by atoms with van der Waals surface area (Å²) in [6.07, 6.45) is 3.43. The molecule has 1 aliphatic rings. The predicted molar refractivity (Wildman–Crippen MR) is 86.2 cm³/mol. The monoisotopic (exact) mass is 311 g/mol. The smallest absolute Gasteiger partial charge is 0.343 e. The fraction of sp³-hybridized carbons (Fsp3) is 0.733. The Hall–Kier alpha value is -1.14. The Morgan fingerprint density at radius 1 is 1.43 bits per heavy atom. The summed E-state index contributed by atoms with van der Waals surface area (Å²) in [5.74, 6) is -0.269. The van der Waals surface area contributed by atoms with E-state index in [-0.39, 0.29) is 5.97 Å². The number of aryl methyl sites for hydroxylation is 1. The first-order valence-electron chi connectivity index (χ1n) is 7.78. The van der Waals surface area contributed by atoms with E-state index in [1.165, 1.54) is 24.5 Å². The molecule has 1 fully saturated rings. The molecule has 0 atom stereocenters. The van der Waals surface area contributed by atoms with Crippen LogP contribution in [0.5, 0.6) is 0 Å². The van der Waals surface area contributed by atoms with Crippen LogP contribution in [-0.4, -0.2) is 47.5 Å². The van der Waals surface area contributed by atoms with Crippen molar-refractivity contribution >= 4 is 22.5 Å². The highest BCUT2D eigenvalue weighted by Gasteiger charge is 2.24. The lowest BCUT2D eigenvalue weighted by atomic mass is 10.0. The third-order valence-electron chi connectivity index (χ3n) is 3.80. The third kappa shape index (κ3) is 4.17. The number of carbonyl (C=O) groups excluding carboxylic acids is 1. The zero-order valence-electron chi connectivity index (χ0n) is 13.1. The first-order chi connectivity index (χ1) is 10.2. The summed E-state index contributed by atoms with van der Waals surface area (Å²) >= 11 is 1.36. The number of esters is 1. The van der Waals surface area contributed by atoms with Crippen molar-refractivity contribution in [1.82, 2.24) is 9.27 Å². The molecule has 1 aromatic rings. The van der Waals surface area contributed by atoms with Gasteiger partial charge in [0.15, 0.2) is 0 Å². The van der Waals surface area contributed by atoms with E-state index in [0.29, 0.717) is 18.2 Å². The number of piperidine rings is 1. The highest BCUT2D eigenvalue weighted by atomic mass is 32.1. The number of hydrogen-bond acceptors (Lipinski definition) is 6. The molecule has 0 aromatic carbocycles. The molecule has 1 aliphatic heterocycles. The zero-order chi connectivity index (χ0) is 15.2. The average Bonchev–Trinajstić information content (AvgIpc) is 2.82. The molecule has 118 valence electrons. The SMILES string of the molecule is CCCN1CCC(Nc2snc(C)c2C(=O)OCC)CC1. The molecule has 2 rings (SSSR count). The number of rotatable bonds is 6. The Morgan fingerprint density at radius 2 is 2.14 bits per heavy atom. The normalized spacial score (nSPS) is 16.9. The molecule has 1 saturated heterocycles. The van der Waals surface area contributed by atoms with Crippen LogP contribution >= 0.6 is 11.5 Å². The molecule has 0 spiro atoms. The average molecular weight is 311 g/mol. The summed E-state index contributed by atoms with van der Waals surface area (Å²) in [5.41, 5.74) is 1.36. The summed E-state index contributed by atoms with van der Waals surface area (Å²) < 4.78 is 9.42. The van der Waals surface area contributed by atoms with Gasteiger partial charge in [-0.2, -0.15) is 4.37 Å². The van der Waals surface area contributed by atoms with Crippen LogP contribution in [0.2, 0.25) is 0 Å². The number of nitrogens with one attached hydrogen (secondary N) is 1. The number of hydrogen-bond donors (Lipinski definition) is 1. The summed E-state index contributed by atoms with van der Waals surface area (Å²) in [6.45, 7) is 9.72. The molecule has 0 aliphatic carbocycles. The standard InChI is InChI=1S/C15H25N3O2S/c1-4-8-18-9-6-12(7-10-18)16-14-13(11(3)17-21-14)15(19)20-5-2/h12,16H,4-10H2,1-3H3. The largest absolute Gasteiger partial charge is 0.462 e. The van der Waals surface area contributed by atoms with Gasteiger partial charge in [-0.25, -0.2) is 4.79 Å². The fourth-order valence-corrected chi connectivity index (χ4v) is 3.58. The highest BCUT2D eigenvalue weighted by molar-refractivity contribution is 7.10. The van der Waals surface area contributed by atoms with Crippen molar-refractivity contribution < 1.29 is 9.53 Å². The van der Waals surface area contributed by atoms with Crippen LogP contribution in [0.15, 0.2) is 0 Å². The highest BCUT2D eigenvalue weighted by Crippen LogP contribution is 2.28. The molecule has 21 heavy (non-hydrogen) atoms. The van der Waals surface area contributed by atoms with Gasteiger partial charge in [-0.1, -0.05) is 6.92 Å². The van der Waals surface area contributed by atoms with Gasteiger partial charge in [0.1, 0.15) is 10.6 Å². The van der Waals surface area contributed by atoms with Crippen LogP contribution < -0.4 is 5.32 Å². The van der Waals surface area contributed by atoms with Crippen molar-refractivity contribution in [3.8, 4) is 0 Å². The van der Waals surface area contributed by atoms with Crippen molar-refractivity contribution in [3.05, 3.63) is 11.3 Å². The third-order valence-corrected chi connectivity index (χ3v) is 4.67. The van der Waals surface area contributed by atoms with Gasteiger partial charge in [-0.15, -0.1) is 0 Å². The number of carbonyl (C=O) groups is 1. The van der Waals surface area contributed by atoms with Crippen LogP contribution in [-0.2, 0) is 4.74 Å². The van der Waals surface area contributed by atoms with E-state index in [4.69, 9.17) is 4.74 Å². The van der Waals surface area contributed by atoms with Gasteiger partial charge < -0.3 is 15.0 Å². The maximum Gasteiger partial charge on any atom is 0.343 e. The van der Waals surface area contributed by atoms with Crippen molar-refractivity contribution in [3.63, 3.8) is 0 Å². The lowest BCUT2D eigenvalue weighted by molar-refractivity contribution is 0.0527.